The summed E-state index contributed by atoms with van der Waals surface area (Å²) in [6.45, 7) is 8.43. The third-order valence-corrected chi connectivity index (χ3v) is 2.14. The zero-order valence-electron chi connectivity index (χ0n) is 9.30. The van der Waals surface area contributed by atoms with Crippen LogP contribution in [0.2, 0.25) is 0 Å². The van der Waals surface area contributed by atoms with Gasteiger partial charge in [-0.15, -0.1) is 0 Å². The molecule has 0 spiro atoms. The first kappa shape index (κ1) is 11.1. The summed E-state index contributed by atoms with van der Waals surface area (Å²) < 4.78 is 0. The van der Waals surface area contributed by atoms with Gasteiger partial charge in [0.25, 0.3) is 0 Å². The number of benzene rings is 1. The van der Waals surface area contributed by atoms with E-state index in [9.17, 15) is 0 Å². The Morgan fingerprint density at radius 1 is 1.14 bits per heavy atom. The van der Waals surface area contributed by atoms with Gasteiger partial charge in [-0.1, -0.05) is 32.0 Å². The lowest BCUT2D eigenvalue weighted by atomic mass is 10.2. The molecule has 0 unspecified atom stereocenters. The Kier molecular flexibility index (Phi) is 4.47. The molecule has 0 saturated carbocycles. The van der Waals surface area contributed by atoms with Gasteiger partial charge in [0.2, 0.25) is 0 Å². The molecule has 0 bridgehead atoms. The van der Waals surface area contributed by atoms with Crippen LogP contribution in [0.15, 0.2) is 24.3 Å². The van der Waals surface area contributed by atoms with Crippen molar-refractivity contribution in [3.63, 3.8) is 0 Å². The molecular formula is C12H20N2. The molecule has 0 aliphatic rings. The Morgan fingerprint density at radius 2 is 1.86 bits per heavy atom. The van der Waals surface area contributed by atoms with E-state index in [2.05, 4.69) is 55.7 Å². The Hall–Kier alpha value is -1.02. The van der Waals surface area contributed by atoms with Crippen LogP contribution >= 0.6 is 0 Å². The molecule has 2 N–H and O–H groups in total. The highest BCUT2D eigenvalue weighted by molar-refractivity contribution is 5.50. The minimum absolute atomic E-state index is 0.564. The number of hydrogen-bond donors (Lipinski definition) is 2. The molecule has 1 aromatic rings. The maximum atomic E-state index is 3.41. The van der Waals surface area contributed by atoms with E-state index in [-0.39, 0.29) is 0 Å². The summed E-state index contributed by atoms with van der Waals surface area (Å²) in [4.78, 5) is 0. The first-order chi connectivity index (χ1) is 6.70. The smallest absolute Gasteiger partial charge is 0.0370 e. The normalized spacial score (nSPS) is 10.6. The summed E-state index contributed by atoms with van der Waals surface area (Å²) in [5.41, 5.74) is 2.54. The van der Waals surface area contributed by atoms with Crippen molar-refractivity contribution in [1.29, 1.82) is 0 Å². The van der Waals surface area contributed by atoms with Crippen LogP contribution in [0.3, 0.4) is 0 Å². The molecule has 0 aromatic heterocycles. The van der Waals surface area contributed by atoms with E-state index >= 15 is 0 Å². The summed E-state index contributed by atoms with van der Waals surface area (Å²) in [6, 6.07) is 8.93. The van der Waals surface area contributed by atoms with E-state index in [1.807, 2.05) is 0 Å². The van der Waals surface area contributed by atoms with Crippen molar-refractivity contribution in [3.05, 3.63) is 29.8 Å². The van der Waals surface area contributed by atoms with Gasteiger partial charge in [-0.2, -0.15) is 0 Å². The SMILES string of the molecule is Cc1ccccc1NCCNC(C)C. The maximum absolute atomic E-state index is 3.41. The minimum Gasteiger partial charge on any atom is -0.384 e. The number of anilines is 1. The molecule has 2 nitrogen and oxygen atoms in total. The first-order valence-corrected chi connectivity index (χ1v) is 5.23. The standard InChI is InChI=1S/C12H20N2/c1-10(2)13-8-9-14-12-7-5-4-6-11(12)3/h4-7,10,13-14H,8-9H2,1-3H3. The summed E-state index contributed by atoms with van der Waals surface area (Å²) in [5, 5.41) is 6.78. The van der Waals surface area contributed by atoms with Crippen LogP contribution in [0.1, 0.15) is 19.4 Å². The maximum Gasteiger partial charge on any atom is 0.0370 e. The van der Waals surface area contributed by atoms with Gasteiger partial charge in [-0.25, -0.2) is 0 Å². The predicted octanol–water partition coefficient (Wildman–Crippen LogP) is 2.40. The highest BCUT2D eigenvalue weighted by Crippen LogP contribution is 2.11. The molecule has 78 valence electrons. The number of aryl methyl sites for hydroxylation is 1. The summed E-state index contributed by atoms with van der Waals surface area (Å²) in [7, 11) is 0. The summed E-state index contributed by atoms with van der Waals surface area (Å²) in [5.74, 6) is 0. The van der Waals surface area contributed by atoms with Crippen LogP contribution in [0.5, 0.6) is 0 Å². The van der Waals surface area contributed by atoms with Crippen LogP contribution in [-0.4, -0.2) is 19.1 Å². The van der Waals surface area contributed by atoms with Crippen molar-refractivity contribution in [1.82, 2.24) is 5.32 Å². The second-order valence-electron chi connectivity index (χ2n) is 3.85. The van der Waals surface area contributed by atoms with Crippen molar-refractivity contribution < 1.29 is 0 Å². The minimum atomic E-state index is 0.564. The molecule has 0 heterocycles. The Morgan fingerprint density at radius 3 is 2.50 bits per heavy atom. The van der Waals surface area contributed by atoms with Crippen LogP contribution in [0, 0.1) is 6.92 Å². The Labute approximate surface area is 86.7 Å². The number of nitrogens with one attached hydrogen (secondary N) is 2. The Balaban J connectivity index is 2.28. The van der Waals surface area contributed by atoms with Gasteiger partial charge in [0.1, 0.15) is 0 Å². The van der Waals surface area contributed by atoms with Crippen molar-refractivity contribution in [3.8, 4) is 0 Å². The average molecular weight is 192 g/mol. The quantitative estimate of drug-likeness (QED) is 0.700. The molecule has 0 atom stereocenters. The molecule has 14 heavy (non-hydrogen) atoms. The zero-order valence-corrected chi connectivity index (χ0v) is 9.30. The lowest BCUT2D eigenvalue weighted by molar-refractivity contribution is 0.602. The van der Waals surface area contributed by atoms with Gasteiger partial charge in [-0.3, -0.25) is 0 Å². The average Bonchev–Trinajstić information content (AvgIpc) is 2.15. The third-order valence-electron chi connectivity index (χ3n) is 2.14. The monoisotopic (exact) mass is 192 g/mol. The molecular weight excluding hydrogens is 172 g/mol. The number of para-hydroxylation sites is 1. The first-order valence-electron chi connectivity index (χ1n) is 5.23. The van der Waals surface area contributed by atoms with Gasteiger partial charge < -0.3 is 10.6 Å². The van der Waals surface area contributed by atoms with Gasteiger partial charge in [0.05, 0.1) is 0 Å². The largest absolute Gasteiger partial charge is 0.384 e. The molecule has 0 aliphatic heterocycles. The van der Waals surface area contributed by atoms with Crippen molar-refractivity contribution in [2.45, 2.75) is 26.8 Å². The number of hydrogen-bond acceptors (Lipinski definition) is 2. The highest BCUT2D eigenvalue weighted by Gasteiger charge is 1.95. The fraction of sp³-hybridized carbons (Fsp3) is 0.500. The van der Waals surface area contributed by atoms with Crippen LogP contribution in [0.4, 0.5) is 5.69 Å². The van der Waals surface area contributed by atoms with Gasteiger partial charge in [0.15, 0.2) is 0 Å². The van der Waals surface area contributed by atoms with E-state index in [0.29, 0.717) is 6.04 Å². The lowest BCUT2D eigenvalue weighted by Crippen LogP contribution is -2.28. The fourth-order valence-electron chi connectivity index (χ4n) is 1.33. The predicted molar refractivity (Wildman–Crippen MR) is 62.8 cm³/mol. The summed E-state index contributed by atoms with van der Waals surface area (Å²) >= 11 is 0. The van der Waals surface area contributed by atoms with Gasteiger partial charge in [-0.05, 0) is 18.6 Å². The molecule has 1 rings (SSSR count). The van der Waals surface area contributed by atoms with Crippen LogP contribution < -0.4 is 10.6 Å². The van der Waals surface area contributed by atoms with E-state index < -0.39 is 0 Å². The molecule has 0 saturated heterocycles. The van der Waals surface area contributed by atoms with Crippen molar-refractivity contribution in [2.24, 2.45) is 0 Å². The van der Waals surface area contributed by atoms with E-state index in [0.717, 1.165) is 13.1 Å². The highest BCUT2D eigenvalue weighted by atomic mass is 15.0. The third kappa shape index (κ3) is 3.79. The molecule has 1 aromatic carbocycles. The van der Waals surface area contributed by atoms with E-state index in [1.54, 1.807) is 0 Å². The second kappa shape index (κ2) is 5.66. The van der Waals surface area contributed by atoms with Crippen molar-refractivity contribution in [2.75, 3.05) is 18.4 Å². The molecule has 0 aliphatic carbocycles. The molecule has 2 heteroatoms. The molecule has 0 radical (unpaired) electrons. The molecule has 0 fully saturated rings. The lowest BCUT2D eigenvalue weighted by Gasteiger charge is -2.11. The van der Waals surface area contributed by atoms with Crippen LogP contribution in [0.25, 0.3) is 0 Å². The van der Waals surface area contributed by atoms with Gasteiger partial charge >= 0.3 is 0 Å². The number of rotatable bonds is 5. The second-order valence-corrected chi connectivity index (χ2v) is 3.85. The zero-order chi connectivity index (χ0) is 10.4. The topological polar surface area (TPSA) is 24.1 Å². The van der Waals surface area contributed by atoms with Gasteiger partial charge in [0, 0.05) is 24.8 Å². The Bertz CT molecular complexity index is 269. The van der Waals surface area contributed by atoms with E-state index in [4.69, 9.17) is 0 Å². The van der Waals surface area contributed by atoms with Crippen LogP contribution in [-0.2, 0) is 0 Å². The molecule has 0 amide bonds. The van der Waals surface area contributed by atoms with E-state index in [1.165, 1.54) is 11.3 Å². The van der Waals surface area contributed by atoms with Crippen molar-refractivity contribution >= 4 is 5.69 Å². The fourth-order valence-corrected chi connectivity index (χ4v) is 1.33. The summed E-state index contributed by atoms with van der Waals surface area (Å²) in [6.07, 6.45) is 0.